The molecule has 5 aromatic heterocycles. The molecule has 1 N–H and O–H groups in total. The molecule has 0 atom stereocenters. The molecule has 11 heteroatoms. The first-order valence-electron chi connectivity index (χ1n) is 31.4. The van der Waals surface area contributed by atoms with Gasteiger partial charge in [-0.1, -0.05) is 169 Å². The molecule has 20 rings (SSSR count). The summed E-state index contributed by atoms with van der Waals surface area (Å²) in [5.74, 6) is 0.665. The highest BCUT2D eigenvalue weighted by atomic mass is 79.9. The molecule has 0 amide bonds. The highest BCUT2D eigenvalue weighted by Gasteiger charge is 2.20. The predicted molar refractivity (Wildman–Crippen MR) is 403 cm³/mol. The van der Waals surface area contributed by atoms with Crippen LogP contribution in [-0.2, 0) is 6.42 Å². The van der Waals surface area contributed by atoms with Crippen LogP contribution in [0.15, 0.2) is 315 Å². The lowest BCUT2D eigenvalue weighted by molar-refractivity contribution is 0.454. The van der Waals surface area contributed by atoms with E-state index in [1.54, 1.807) is 0 Å². The van der Waals surface area contributed by atoms with E-state index in [1.165, 1.54) is 22.3 Å². The van der Waals surface area contributed by atoms with E-state index >= 15 is 0 Å². The van der Waals surface area contributed by atoms with E-state index in [0.29, 0.717) is 13.4 Å². The summed E-state index contributed by atoms with van der Waals surface area (Å²) >= 11 is 10.6. The van der Waals surface area contributed by atoms with E-state index in [9.17, 15) is 0 Å². The number of furan rings is 5. The second kappa shape index (κ2) is 23.7. The van der Waals surface area contributed by atoms with Gasteiger partial charge < -0.3 is 31.8 Å². The van der Waals surface area contributed by atoms with Crippen molar-refractivity contribution >= 4 is 165 Å². The third kappa shape index (κ3) is 10.5. The van der Waals surface area contributed by atoms with Crippen LogP contribution < -0.4 is 4.65 Å². The van der Waals surface area contributed by atoms with Crippen LogP contribution in [0.5, 0.6) is 5.75 Å². The molecule has 0 spiro atoms. The number of rotatable bonds is 7. The normalized spacial score (nSPS) is 11.9. The fraction of sp³-hybridized carbons (Fsp3) is 0.0118. The largest absolute Gasteiger partial charge is 0.569 e. The van der Waals surface area contributed by atoms with Crippen molar-refractivity contribution in [2.24, 2.45) is 0 Å². The summed E-state index contributed by atoms with van der Waals surface area (Å²) in [6.45, 7) is 0. The quantitative estimate of drug-likeness (QED) is 0.159. The summed E-state index contributed by atoms with van der Waals surface area (Å²) in [5.41, 5.74) is 25.3. The van der Waals surface area contributed by atoms with Crippen LogP contribution in [0.2, 0.25) is 0 Å². The van der Waals surface area contributed by atoms with Crippen LogP contribution in [0, 0.1) is 0 Å². The lowest BCUT2D eigenvalue weighted by Gasteiger charge is -2.12. The van der Waals surface area contributed by atoms with Crippen LogP contribution in [-0.4, -0.2) is 12.7 Å². The van der Waals surface area contributed by atoms with Gasteiger partial charge in [0, 0.05) is 67.3 Å². The summed E-state index contributed by atoms with van der Waals surface area (Å²) in [6, 6.07) is 97.0. The molecular weight excluding hydrogens is 1380 g/mol. The molecule has 1 aliphatic rings. The Bertz CT molecular complexity index is 6190. The second-order valence-electron chi connectivity index (χ2n) is 24.2. The van der Waals surface area contributed by atoms with Crippen molar-refractivity contribution in [1.82, 2.24) is 0 Å². The zero-order chi connectivity index (χ0) is 64.1. The Morgan fingerprint density at radius 3 is 0.990 bits per heavy atom. The zero-order valence-corrected chi connectivity index (χ0v) is 55.6. The summed E-state index contributed by atoms with van der Waals surface area (Å²) in [4.78, 5) is 0. The van der Waals surface area contributed by atoms with Crippen molar-refractivity contribution in [3.8, 4) is 72.5 Å². The van der Waals surface area contributed by atoms with Gasteiger partial charge in [0.1, 0.15) is 61.6 Å². The van der Waals surface area contributed by atoms with E-state index in [4.69, 9.17) is 31.8 Å². The van der Waals surface area contributed by atoms with Crippen molar-refractivity contribution in [2.75, 3.05) is 0 Å². The van der Waals surface area contributed by atoms with Crippen LogP contribution in [0.4, 0.5) is 0 Å². The lowest BCUT2D eigenvalue weighted by atomic mass is 9.92. The Morgan fingerprint density at radius 1 is 0.250 bits per heavy atom. The first-order valence-corrected chi connectivity index (χ1v) is 33.8. The average molecular weight is 1430 g/mol. The minimum Gasteiger partial charge on any atom is -0.537 e. The first-order chi connectivity index (χ1) is 47.1. The molecule has 96 heavy (non-hydrogen) atoms. The predicted octanol–water partition coefficient (Wildman–Crippen LogP) is 25.7. The third-order valence-electron chi connectivity index (χ3n) is 18.5. The molecule has 455 valence electrons. The zero-order valence-electron chi connectivity index (χ0n) is 50.9. The molecule has 0 saturated carbocycles. The minimum atomic E-state index is 0.665. The van der Waals surface area contributed by atoms with Gasteiger partial charge in [-0.25, -0.2) is 0 Å². The Balaban J connectivity index is 0.000000143. The van der Waals surface area contributed by atoms with Gasteiger partial charge in [-0.2, -0.15) is 0 Å². The van der Waals surface area contributed by atoms with Crippen LogP contribution in [0.1, 0.15) is 11.1 Å². The van der Waals surface area contributed by atoms with Crippen molar-refractivity contribution in [1.29, 1.82) is 0 Å². The molecule has 0 unspecified atom stereocenters. The molecule has 0 fully saturated rings. The second-order valence-corrected chi connectivity index (χ2v) is 27.0. The van der Waals surface area contributed by atoms with Gasteiger partial charge in [0.2, 0.25) is 0 Å². The monoisotopic (exact) mass is 1430 g/mol. The molecule has 5 heterocycles. The molecule has 19 aromatic rings. The smallest absolute Gasteiger partial charge is 0.537 e. The Hall–Kier alpha value is -10.7. The third-order valence-corrected chi connectivity index (χ3v) is 19.9. The van der Waals surface area contributed by atoms with Crippen molar-refractivity contribution in [3.63, 3.8) is 0 Å². The molecule has 7 nitrogen and oxygen atoms in total. The van der Waals surface area contributed by atoms with E-state index in [-0.39, 0.29) is 0 Å². The maximum absolute atomic E-state index is 8.62. The van der Waals surface area contributed by atoms with Gasteiger partial charge in [0.25, 0.3) is 0 Å². The molecule has 0 bridgehead atoms. The number of para-hydroxylation sites is 3. The Kier molecular flexibility index (Phi) is 14.3. The van der Waals surface area contributed by atoms with Gasteiger partial charge in [-0.05, 0) is 242 Å². The van der Waals surface area contributed by atoms with Crippen LogP contribution >= 0.6 is 47.8 Å². The first kappa shape index (κ1) is 58.0. The Morgan fingerprint density at radius 2 is 0.573 bits per heavy atom. The molecule has 14 aromatic carbocycles. The SMILES string of the molecule is Brc1cc(Br)cc(-c2ccc3oc4ccc(Br)cc4c3c2)c1.O[B]Oc1ccc2c(c1)-c1ccccc1C2.c1ccc2c(c1)oc1ccc(-c3cc(-c4ccc5oc6ccccc6c5c4)cc(-c4ccc5oc6ccc(-c7ccc8oc9ccccc9c8c7)cc6c5c4)c3)cc12. The average Bonchev–Trinajstić information content (AvgIpc) is 1.45. The summed E-state index contributed by atoms with van der Waals surface area (Å²) in [6.07, 6.45) is 0.981. The molecule has 1 radical (unpaired) electrons. The molecule has 0 aliphatic heterocycles. The van der Waals surface area contributed by atoms with Gasteiger partial charge in [0.05, 0.1) is 0 Å². The van der Waals surface area contributed by atoms with E-state index in [1.807, 2.05) is 84.9 Å². The van der Waals surface area contributed by atoms with Crippen LogP contribution in [0.3, 0.4) is 0 Å². The van der Waals surface area contributed by atoms with Crippen molar-refractivity contribution in [2.45, 2.75) is 6.42 Å². The number of halogens is 3. The standard InChI is InChI=1S/C54H30O4.C18H9Br3O.C13H10BO2/c1-4-10-47-39(7-1)42-26-31(13-18-50(42)55-47)32-14-19-53-45(27-32)46-30-35(17-22-54(46)58-53)38-24-36(33-15-20-51-43(28-33)40-8-2-5-11-48(40)56-51)23-37(25-38)34-16-21-52-44(29-34)41-9-3-6-12-49(41)57-52;19-12-2-4-18-16(9-12)15-7-10(1-3-17(15)22-18)11-5-13(20)8-14(21)6-11;15-14-16-11-6-5-10-7-9-3-1-2-4-12(9)13(10)8-11/h1-30H;1-9H;1-6,8,15H,7H2. The van der Waals surface area contributed by atoms with Crippen molar-refractivity contribution < 1.29 is 31.8 Å². The molecular formula is C85H49BBr3O7. The highest BCUT2D eigenvalue weighted by molar-refractivity contribution is 9.11. The van der Waals surface area contributed by atoms with Crippen molar-refractivity contribution in [3.05, 3.63) is 304 Å². The van der Waals surface area contributed by atoms with E-state index in [2.05, 4.69) is 242 Å². The van der Waals surface area contributed by atoms with Gasteiger partial charge in [-0.15, -0.1) is 0 Å². The fourth-order valence-corrected chi connectivity index (χ4v) is 15.5. The highest BCUT2D eigenvalue weighted by Crippen LogP contribution is 2.44. The summed E-state index contributed by atoms with van der Waals surface area (Å²) < 4.78 is 39.0. The number of fused-ring (bicyclic) bond motifs is 18. The van der Waals surface area contributed by atoms with Gasteiger partial charge in [0.15, 0.2) is 0 Å². The Labute approximate surface area is 575 Å². The van der Waals surface area contributed by atoms with E-state index in [0.717, 1.165) is 185 Å². The minimum absolute atomic E-state index is 0.665. The number of hydrogen-bond donors (Lipinski definition) is 1. The van der Waals surface area contributed by atoms with Gasteiger partial charge >= 0.3 is 7.69 Å². The maximum Gasteiger partial charge on any atom is 0.569 e. The fourth-order valence-electron chi connectivity index (χ4n) is 13.9. The molecule has 0 saturated heterocycles. The maximum atomic E-state index is 8.62. The van der Waals surface area contributed by atoms with Gasteiger partial charge in [-0.3, -0.25) is 0 Å². The number of benzene rings is 14. The molecule has 1 aliphatic carbocycles. The summed E-state index contributed by atoms with van der Waals surface area (Å²) in [5, 5.41) is 19.7. The topological polar surface area (TPSA) is 95.2 Å². The van der Waals surface area contributed by atoms with Crippen LogP contribution in [0.25, 0.3) is 176 Å². The van der Waals surface area contributed by atoms with E-state index < -0.39 is 0 Å². The number of hydrogen-bond acceptors (Lipinski definition) is 7. The summed E-state index contributed by atoms with van der Waals surface area (Å²) in [7, 11) is 0.711. The lowest BCUT2D eigenvalue weighted by Crippen LogP contribution is -1.99.